The second-order valence-electron chi connectivity index (χ2n) is 0. The van der Waals surface area contributed by atoms with Crippen LogP contribution in [0, 0.1) is 6.92 Å². The van der Waals surface area contributed by atoms with E-state index >= 15 is 0 Å². The summed E-state index contributed by atoms with van der Waals surface area (Å²) in [5.74, 6) is 0. The SMILES string of the molecule is [CH2-]C.[Y].[Y].[Y].[Y].[Y].[Y].[Y].[Y].[Y].[Y].[Y].[Y].[Y].[Y].[Y].[Y].[Y].[Y].[Y].[Y].[Y].[Y].[Y].[Y].[Y]. The molecule has 0 aliphatic rings. The predicted octanol–water partition coefficient (Wildman–Crippen LogP) is 0.778. The fourth-order valence-corrected chi connectivity index (χ4v) is 0. The van der Waals surface area contributed by atoms with Gasteiger partial charge in [0.25, 0.3) is 0 Å². The minimum Gasteiger partial charge on any atom is -0.346 e. The van der Waals surface area contributed by atoms with Crippen LogP contribution in [0.3, 0.4) is 0 Å². The normalized spacial score (nSPS) is 0.222. The second kappa shape index (κ2) is 195. The van der Waals surface area contributed by atoms with Crippen LogP contribution in [-0.2, 0) is 818 Å². The molecule has 0 saturated carbocycles. The van der Waals surface area contributed by atoms with Crippen molar-refractivity contribution in [1.82, 2.24) is 0 Å². The first-order valence-electron chi connectivity index (χ1n) is 0.707. The zero-order valence-corrected chi connectivity index (χ0v) is 87.1. The first-order chi connectivity index (χ1) is 1.00. The van der Waals surface area contributed by atoms with Crippen molar-refractivity contribution >= 4 is 0 Å². The molecule has 0 fully saturated rings. The van der Waals surface area contributed by atoms with Gasteiger partial charge in [-0.25, -0.2) is 0 Å². The summed E-state index contributed by atoms with van der Waals surface area (Å²) in [4.78, 5) is 0. The summed E-state index contributed by atoms with van der Waals surface area (Å²) in [5, 5.41) is 0. The van der Waals surface area contributed by atoms with Crippen molar-refractivity contribution in [2.24, 2.45) is 0 Å². The fourth-order valence-electron chi connectivity index (χ4n) is 0. The minimum absolute atomic E-state index is 0. The molecule has 0 aromatic carbocycles. The van der Waals surface area contributed by atoms with Gasteiger partial charge in [-0.15, -0.1) is 0 Å². The third-order valence-electron chi connectivity index (χ3n) is 0. The summed E-state index contributed by atoms with van der Waals surface area (Å²) >= 11 is 0. The molecule has 0 spiro atoms. The number of hydrogen-bond donors (Lipinski definition) is 0. The molecule has 0 N–H and O–H groups in total. The Hall–Kier alpha value is 27.6. The van der Waals surface area contributed by atoms with Crippen LogP contribution < -0.4 is 0 Å². The van der Waals surface area contributed by atoms with Gasteiger partial charge in [0.1, 0.15) is 0 Å². The Bertz CT molecular complexity index is 10.3. The molecule has 0 aromatic rings. The van der Waals surface area contributed by atoms with Gasteiger partial charge >= 0.3 is 0 Å². The topological polar surface area (TPSA) is 0 Å². The maximum atomic E-state index is 3.25. The first-order valence-corrected chi connectivity index (χ1v) is 0.707. The van der Waals surface area contributed by atoms with Crippen molar-refractivity contribution in [2.45, 2.75) is 6.92 Å². The molecular weight excluding hydrogens is 2250 g/mol. The smallest absolute Gasteiger partial charge is 0 e. The van der Waals surface area contributed by atoms with E-state index in [0.29, 0.717) is 0 Å². The van der Waals surface area contributed by atoms with Crippen LogP contribution in [0.2, 0.25) is 0 Å². The van der Waals surface area contributed by atoms with Crippen molar-refractivity contribution in [3.05, 3.63) is 6.92 Å². The van der Waals surface area contributed by atoms with E-state index in [1.54, 1.807) is 6.92 Å². The van der Waals surface area contributed by atoms with E-state index in [4.69, 9.17) is 0 Å². The molecule has 0 heterocycles. The fraction of sp³-hybridized carbons (Fsp3) is 0.500. The van der Waals surface area contributed by atoms with Gasteiger partial charge in [-0.2, -0.15) is 6.92 Å². The monoisotopic (exact) mass is 2250 g/mol. The maximum absolute atomic E-state index is 3.25. The maximum Gasteiger partial charge on any atom is 0 e. The largest absolute Gasteiger partial charge is 0.346 e. The minimum atomic E-state index is 0. The van der Waals surface area contributed by atoms with Crippen LogP contribution in [-0.4, -0.2) is 0 Å². The molecule has 0 saturated heterocycles. The van der Waals surface area contributed by atoms with Crippen molar-refractivity contribution in [3.8, 4) is 0 Å². The molecule has 0 aliphatic carbocycles. The third-order valence-corrected chi connectivity index (χ3v) is 0. The van der Waals surface area contributed by atoms with Crippen LogP contribution in [0.1, 0.15) is 6.92 Å². The van der Waals surface area contributed by atoms with Crippen molar-refractivity contribution in [1.29, 1.82) is 0 Å². The Kier molecular flexibility index (Phi) is 1380. The molecule has 0 amide bonds. The van der Waals surface area contributed by atoms with Crippen LogP contribution in [0.5, 0.6) is 0 Å². The van der Waals surface area contributed by atoms with E-state index < -0.39 is 0 Å². The number of hydrogen-bond acceptors (Lipinski definition) is 0. The summed E-state index contributed by atoms with van der Waals surface area (Å²) in [6.07, 6.45) is 0. The Morgan fingerprint density at radius 1 is 0.148 bits per heavy atom. The second-order valence-corrected chi connectivity index (χ2v) is 0. The summed E-state index contributed by atoms with van der Waals surface area (Å²) < 4.78 is 0. The number of rotatable bonds is 0. The molecule has 89 valence electrons. The van der Waals surface area contributed by atoms with Crippen molar-refractivity contribution in [2.75, 3.05) is 0 Å². The molecule has 0 nitrogen and oxygen atoms in total. The van der Waals surface area contributed by atoms with E-state index in [1.165, 1.54) is 0 Å². The Balaban J connectivity index is -0.0000000000167. The summed E-state index contributed by atoms with van der Waals surface area (Å²) in [6.45, 7) is 5.00. The van der Waals surface area contributed by atoms with E-state index in [-0.39, 0.29) is 818 Å². The Labute approximate surface area is 800 Å². The zero-order valence-electron chi connectivity index (χ0n) is 16.1. The average molecular weight is 2250 g/mol. The van der Waals surface area contributed by atoms with Gasteiger partial charge in [0.05, 0.1) is 0 Å². The van der Waals surface area contributed by atoms with E-state index in [0.717, 1.165) is 0 Å². The van der Waals surface area contributed by atoms with Crippen molar-refractivity contribution < 1.29 is 818 Å². The molecular formula is C2H5Y25-. The van der Waals surface area contributed by atoms with Gasteiger partial charge in [0.2, 0.25) is 0 Å². The molecule has 0 rings (SSSR count). The van der Waals surface area contributed by atoms with Gasteiger partial charge in [-0.1, -0.05) is 0 Å². The molecule has 0 atom stereocenters. The third kappa shape index (κ3) is 187. The van der Waals surface area contributed by atoms with Crippen LogP contribution >= 0.6 is 0 Å². The zero-order chi connectivity index (χ0) is 2.00. The molecule has 0 bridgehead atoms. The summed E-state index contributed by atoms with van der Waals surface area (Å²) in [7, 11) is 0. The average Bonchev–Trinajstić information content (AvgIpc) is 1.00. The van der Waals surface area contributed by atoms with E-state index in [1.807, 2.05) is 0 Å². The molecule has 27 heavy (non-hydrogen) atoms. The Morgan fingerprint density at radius 2 is 0.148 bits per heavy atom. The van der Waals surface area contributed by atoms with E-state index in [2.05, 4.69) is 6.92 Å². The van der Waals surface area contributed by atoms with Crippen LogP contribution in [0.4, 0.5) is 0 Å². The quantitative estimate of drug-likeness (QED) is 0.316. The summed E-state index contributed by atoms with van der Waals surface area (Å²) in [6, 6.07) is 0. The van der Waals surface area contributed by atoms with Gasteiger partial charge in [0, 0.05) is 818 Å². The molecule has 25 radical (unpaired) electrons. The predicted molar refractivity (Wildman–Crippen MR) is 11.0 cm³/mol. The standard InChI is InChI=1S/C2H5.25Y/c1-2;;;;;;;;;;;;;;;;;;;;;;;;;/h1H2,2H3;;;;;;;;;;;;;;;;;;;;;;;;;/q-1;;;;;;;;;;;;;;;;;;;;;;;;;. The van der Waals surface area contributed by atoms with Gasteiger partial charge < -0.3 is 6.92 Å². The van der Waals surface area contributed by atoms with Crippen LogP contribution in [0.15, 0.2) is 0 Å². The van der Waals surface area contributed by atoms with Crippen molar-refractivity contribution in [3.63, 3.8) is 0 Å². The Morgan fingerprint density at radius 3 is 0.148 bits per heavy atom. The van der Waals surface area contributed by atoms with Gasteiger partial charge in [-0.3, -0.25) is 0 Å². The molecule has 0 aliphatic heterocycles. The van der Waals surface area contributed by atoms with Gasteiger partial charge in [0.15, 0.2) is 0 Å². The molecule has 25 heteroatoms. The summed E-state index contributed by atoms with van der Waals surface area (Å²) in [5.41, 5.74) is 0. The molecule has 0 aromatic heterocycles. The van der Waals surface area contributed by atoms with Gasteiger partial charge in [-0.05, 0) is 0 Å². The molecule has 0 unspecified atom stereocenters. The first kappa shape index (κ1) is 192. The van der Waals surface area contributed by atoms with Crippen LogP contribution in [0.25, 0.3) is 0 Å². The van der Waals surface area contributed by atoms with E-state index in [9.17, 15) is 0 Å².